The van der Waals surface area contributed by atoms with E-state index in [4.69, 9.17) is 24.1 Å². The number of nitrogens with one attached hydrogen (secondary N) is 3. The zero-order chi connectivity index (χ0) is 41.9. The molecule has 0 heterocycles. The van der Waals surface area contributed by atoms with Gasteiger partial charge < -0.3 is 41.0 Å². The average Bonchev–Trinajstić information content (AvgIpc) is 3.07. The lowest BCUT2D eigenvalue weighted by atomic mass is 9.84. The summed E-state index contributed by atoms with van der Waals surface area (Å²) < 4.78 is 42.9. The number of rotatable bonds is 11. The number of ether oxygens (including phenoxy) is 3. The molecule has 3 amide bonds. The highest BCUT2D eigenvalue weighted by atomic mass is 32.2. The molecular formula is C40H78N4O10S. The van der Waals surface area contributed by atoms with E-state index in [-0.39, 0.29) is 43.4 Å². The molecule has 0 aromatic carbocycles. The van der Waals surface area contributed by atoms with Crippen molar-refractivity contribution in [2.24, 2.45) is 23.5 Å². The minimum Gasteiger partial charge on any atom is -0.444 e. The Kier molecular flexibility index (Phi) is 22.5. The second-order valence-corrected chi connectivity index (χ2v) is 20.0. The predicted octanol–water partition coefficient (Wildman–Crippen LogP) is 7.31. The van der Waals surface area contributed by atoms with Crippen LogP contribution in [0.3, 0.4) is 0 Å². The number of aliphatic hydroxyl groups excluding tert-OH is 1. The Morgan fingerprint density at radius 1 is 0.582 bits per heavy atom. The lowest BCUT2D eigenvalue weighted by Crippen LogP contribution is -2.47. The molecule has 3 atom stereocenters. The number of aliphatic hydroxyl groups is 1. The normalized spacial score (nSPS) is 19.5. The molecule has 3 rings (SSSR count). The van der Waals surface area contributed by atoms with Gasteiger partial charge in [0.1, 0.15) is 16.8 Å². The van der Waals surface area contributed by atoms with Gasteiger partial charge in [0.05, 0.1) is 31.6 Å². The van der Waals surface area contributed by atoms with Crippen LogP contribution in [0, 0.1) is 17.8 Å². The molecule has 0 radical (unpaired) electrons. The summed E-state index contributed by atoms with van der Waals surface area (Å²) in [5.41, 5.74) is 4.22. The highest BCUT2D eigenvalue weighted by Gasteiger charge is 2.30. The van der Waals surface area contributed by atoms with E-state index in [1.54, 1.807) is 20.8 Å². The third-order valence-electron chi connectivity index (χ3n) is 9.68. The average molecular weight is 807 g/mol. The largest absolute Gasteiger partial charge is 0.444 e. The van der Waals surface area contributed by atoms with Crippen molar-refractivity contribution in [1.82, 2.24) is 16.0 Å². The SMILES string of the molecule is CC(C)(C)OC(=O)NC(CN)C1CCCCC1.CC(C)(C)OC(=O)NC(CO)C1CCCCC1.CC(C)(C)OC(=O)NC(COS(C)(=O)=O)C1CCCCC1. The molecule has 3 unspecified atom stereocenters. The van der Waals surface area contributed by atoms with E-state index in [9.17, 15) is 27.9 Å². The van der Waals surface area contributed by atoms with Gasteiger partial charge >= 0.3 is 18.3 Å². The summed E-state index contributed by atoms with van der Waals surface area (Å²) in [6.07, 6.45) is 17.0. The number of carbonyl (C=O) groups is 3. The third-order valence-corrected chi connectivity index (χ3v) is 10.2. The van der Waals surface area contributed by atoms with Gasteiger partial charge in [0.2, 0.25) is 0 Å². The van der Waals surface area contributed by atoms with E-state index >= 15 is 0 Å². The third kappa shape index (κ3) is 25.5. The highest BCUT2D eigenvalue weighted by molar-refractivity contribution is 7.85. The van der Waals surface area contributed by atoms with Crippen LogP contribution in [0.5, 0.6) is 0 Å². The van der Waals surface area contributed by atoms with E-state index < -0.39 is 39.1 Å². The maximum Gasteiger partial charge on any atom is 0.407 e. The first-order chi connectivity index (χ1) is 25.4. The molecule has 0 aliphatic heterocycles. The molecule has 0 saturated heterocycles. The van der Waals surface area contributed by atoms with Crippen LogP contribution in [0.4, 0.5) is 14.4 Å². The standard InChI is InChI=1S/C14H27NO5S.C13H26N2O2.C13H25NO3/c1-14(2,3)20-13(16)15-12(10-19-21(4,17)18)11-8-6-5-7-9-11;1-13(2,3)17-12(16)15-11(9-14)10-7-5-4-6-8-10;1-13(2,3)17-12(16)14-11(9-15)10-7-5-4-6-8-10/h11-12H,5-10H2,1-4H3,(H,15,16);10-11H,4-9,14H2,1-3H3,(H,15,16);10-11,15H,4-9H2,1-3H3,(H,14,16). The van der Waals surface area contributed by atoms with E-state index in [1.165, 1.54) is 44.9 Å². The van der Waals surface area contributed by atoms with Crippen LogP contribution < -0.4 is 21.7 Å². The smallest absolute Gasteiger partial charge is 0.407 e. The van der Waals surface area contributed by atoms with Gasteiger partial charge in [-0.3, -0.25) is 4.18 Å². The Hall–Kier alpha value is -2.36. The molecule has 3 fully saturated rings. The fourth-order valence-corrected chi connectivity index (χ4v) is 7.55. The van der Waals surface area contributed by atoms with Gasteiger partial charge in [0, 0.05) is 12.6 Å². The van der Waals surface area contributed by atoms with Gasteiger partial charge in [0.15, 0.2) is 0 Å². The summed E-state index contributed by atoms with van der Waals surface area (Å²) in [5, 5.41) is 17.8. The Balaban J connectivity index is 0.000000416. The van der Waals surface area contributed by atoms with Crippen LogP contribution >= 0.6 is 0 Å². The summed E-state index contributed by atoms with van der Waals surface area (Å²) in [6, 6.07) is -0.440. The van der Waals surface area contributed by atoms with Gasteiger partial charge in [-0.05, 0) is 119 Å². The van der Waals surface area contributed by atoms with E-state index in [2.05, 4.69) is 16.0 Å². The van der Waals surface area contributed by atoms with Gasteiger partial charge in [-0.25, -0.2) is 14.4 Å². The monoisotopic (exact) mass is 807 g/mol. The Labute approximate surface area is 333 Å². The van der Waals surface area contributed by atoms with Crippen molar-refractivity contribution in [3.05, 3.63) is 0 Å². The number of hydrogen-bond donors (Lipinski definition) is 5. The van der Waals surface area contributed by atoms with Crippen molar-refractivity contribution < 1.29 is 46.3 Å². The number of carbonyl (C=O) groups excluding carboxylic acids is 3. The van der Waals surface area contributed by atoms with Crippen LogP contribution in [0.25, 0.3) is 0 Å². The summed E-state index contributed by atoms with van der Waals surface area (Å²) in [4.78, 5) is 35.2. The van der Waals surface area contributed by atoms with E-state index in [0.29, 0.717) is 18.4 Å². The van der Waals surface area contributed by atoms with Crippen molar-refractivity contribution in [2.75, 3.05) is 26.0 Å². The minimum atomic E-state index is -3.52. The van der Waals surface area contributed by atoms with Gasteiger partial charge in [-0.1, -0.05) is 57.8 Å². The number of nitrogens with two attached hydrogens (primary N) is 1. The number of alkyl carbamates (subject to hydrolysis) is 3. The summed E-state index contributed by atoms with van der Waals surface area (Å²) in [5.74, 6) is 1.13. The van der Waals surface area contributed by atoms with Crippen LogP contribution in [0.1, 0.15) is 159 Å². The first-order valence-corrected chi connectivity index (χ1v) is 22.4. The second-order valence-electron chi connectivity index (χ2n) is 18.4. The quantitative estimate of drug-likeness (QED) is 0.103. The first-order valence-electron chi connectivity index (χ1n) is 20.5. The summed E-state index contributed by atoms with van der Waals surface area (Å²) >= 11 is 0. The molecule has 55 heavy (non-hydrogen) atoms. The zero-order valence-electron chi connectivity index (χ0n) is 35.8. The van der Waals surface area contributed by atoms with Crippen molar-refractivity contribution in [2.45, 2.75) is 194 Å². The van der Waals surface area contributed by atoms with Gasteiger partial charge in [-0.15, -0.1) is 0 Å². The molecule has 6 N–H and O–H groups in total. The van der Waals surface area contributed by atoms with E-state index in [1.807, 2.05) is 41.5 Å². The summed E-state index contributed by atoms with van der Waals surface area (Å²) in [7, 11) is -3.52. The number of hydrogen-bond acceptors (Lipinski definition) is 11. The molecule has 15 heteroatoms. The van der Waals surface area contributed by atoms with Crippen LogP contribution in [0.2, 0.25) is 0 Å². The summed E-state index contributed by atoms with van der Waals surface area (Å²) in [6.45, 7) is 16.9. The van der Waals surface area contributed by atoms with Crippen molar-refractivity contribution in [1.29, 1.82) is 0 Å². The molecule has 0 aromatic rings. The Bertz CT molecular complexity index is 1160. The second kappa shape index (κ2) is 24.4. The molecule has 0 bridgehead atoms. The molecule has 324 valence electrons. The van der Waals surface area contributed by atoms with Crippen molar-refractivity contribution in [3.8, 4) is 0 Å². The first kappa shape index (κ1) is 50.7. The van der Waals surface area contributed by atoms with Crippen LogP contribution in [-0.2, 0) is 28.5 Å². The zero-order valence-corrected chi connectivity index (χ0v) is 36.6. The fourth-order valence-electron chi connectivity index (χ4n) is 7.16. The topological polar surface area (TPSA) is 205 Å². The predicted molar refractivity (Wildman–Crippen MR) is 216 cm³/mol. The van der Waals surface area contributed by atoms with Crippen molar-refractivity contribution in [3.63, 3.8) is 0 Å². The van der Waals surface area contributed by atoms with Crippen molar-refractivity contribution >= 4 is 28.4 Å². The van der Waals surface area contributed by atoms with Gasteiger partial charge in [0.25, 0.3) is 10.1 Å². The minimum absolute atomic E-state index is 0.0100. The Morgan fingerprint density at radius 3 is 1.16 bits per heavy atom. The van der Waals surface area contributed by atoms with Gasteiger partial charge in [-0.2, -0.15) is 8.42 Å². The molecule has 3 saturated carbocycles. The molecule has 14 nitrogen and oxygen atoms in total. The number of amides is 3. The highest BCUT2D eigenvalue weighted by Crippen LogP contribution is 2.29. The van der Waals surface area contributed by atoms with Crippen LogP contribution in [-0.4, -0.2) is 92.7 Å². The maximum atomic E-state index is 11.9. The maximum absolute atomic E-state index is 11.9. The molecule has 0 spiro atoms. The fraction of sp³-hybridized carbons (Fsp3) is 0.925. The lowest BCUT2D eigenvalue weighted by Gasteiger charge is -2.31. The lowest BCUT2D eigenvalue weighted by molar-refractivity contribution is 0.0434. The molecule has 0 aromatic heterocycles. The van der Waals surface area contributed by atoms with E-state index in [0.717, 1.165) is 57.6 Å². The molecule has 3 aliphatic rings. The Morgan fingerprint density at radius 2 is 0.873 bits per heavy atom. The molecule has 3 aliphatic carbocycles. The van der Waals surface area contributed by atoms with Crippen LogP contribution in [0.15, 0.2) is 0 Å². The molecular weight excluding hydrogens is 729 g/mol.